The summed E-state index contributed by atoms with van der Waals surface area (Å²) in [4.78, 5) is 20.4. The number of thioether (sulfide) groups is 1. The molecule has 4 rings (SSSR count). The highest BCUT2D eigenvalue weighted by atomic mass is 32.2. The predicted molar refractivity (Wildman–Crippen MR) is 129 cm³/mol. The highest BCUT2D eigenvalue weighted by Gasteiger charge is 2.33. The lowest BCUT2D eigenvalue weighted by molar-refractivity contribution is -0.122. The molecule has 3 aromatic carbocycles. The minimum absolute atomic E-state index is 0.0504. The van der Waals surface area contributed by atoms with Crippen molar-refractivity contribution >= 4 is 34.6 Å². The molecule has 1 aliphatic heterocycles. The van der Waals surface area contributed by atoms with Gasteiger partial charge in [-0.25, -0.2) is 4.99 Å². The average molecular weight is 440 g/mol. The Hall–Kier alpha value is -3.82. The van der Waals surface area contributed by atoms with Crippen molar-refractivity contribution in [2.45, 2.75) is 6.42 Å². The van der Waals surface area contributed by atoms with Crippen LogP contribution in [0, 0.1) is 11.3 Å². The number of benzene rings is 3. The van der Waals surface area contributed by atoms with E-state index in [1.165, 1.54) is 11.8 Å². The van der Waals surface area contributed by atoms with E-state index in [1.54, 1.807) is 11.0 Å². The summed E-state index contributed by atoms with van der Waals surface area (Å²) in [6, 6.07) is 29.1. The van der Waals surface area contributed by atoms with E-state index in [4.69, 9.17) is 15.0 Å². The lowest BCUT2D eigenvalue weighted by Crippen LogP contribution is -2.31. The Morgan fingerprint density at radius 3 is 2.41 bits per heavy atom. The van der Waals surface area contributed by atoms with Crippen molar-refractivity contribution in [3.63, 3.8) is 0 Å². The number of carbonyl (C=O) groups is 1. The van der Waals surface area contributed by atoms with Crippen LogP contribution in [0.3, 0.4) is 0 Å². The van der Waals surface area contributed by atoms with Crippen LogP contribution in [-0.4, -0.2) is 29.1 Å². The van der Waals surface area contributed by atoms with Gasteiger partial charge < -0.3 is 4.74 Å². The van der Waals surface area contributed by atoms with Crippen molar-refractivity contribution < 1.29 is 9.53 Å². The van der Waals surface area contributed by atoms with E-state index in [0.29, 0.717) is 22.4 Å². The van der Waals surface area contributed by atoms with Crippen LogP contribution in [0.1, 0.15) is 11.1 Å². The molecule has 6 heteroatoms. The summed E-state index contributed by atoms with van der Waals surface area (Å²) < 4.78 is 5.52. The molecule has 0 bridgehead atoms. The van der Waals surface area contributed by atoms with Gasteiger partial charge in [0.15, 0.2) is 11.8 Å². The van der Waals surface area contributed by atoms with Gasteiger partial charge in [-0.15, -0.1) is 0 Å². The Labute approximate surface area is 191 Å². The van der Waals surface area contributed by atoms with E-state index in [9.17, 15) is 4.79 Å². The Balaban J connectivity index is 1.64. The first-order valence-corrected chi connectivity index (χ1v) is 11.0. The molecule has 1 saturated heterocycles. The molecule has 0 radical (unpaired) electrons. The van der Waals surface area contributed by atoms with Gasteiger partial charge >= 0.3 is 0 Å². The Kier molecular flexibility index (Phi) is 7.01. The van der Waals surface area contributed by atoms with Gasteiger partial charge in [0.2, 0.25) is 0 Å². The van der Waals surface area contributed by atoms with E-state index < -0.39 is 0 Å². The zero-order valence-corrected chi connectivity index (χ0v) is 18.2. The van der Waals surface area contributed by atoms with Crippen LogP contribution in [0.25, 0.3) is 6.08 Å². The summed E-state index contributed by atoms with van der Waals surface area (Å²) in [5.74, 6) is 0.481. The fourth-order valence-corrected chi connectivity index (χ4v) is 4.29. The van der Waals surface area contributed by atoms with Gasteiger partial charge in [0, 0.05) is 12.1 Å². The minimum atomic E-state index is -0.0873. The van der Waals surface area contributed by atoms with Crippen LogP contribution < -0.4 is 4.74 Å². The molecule has 0 N–H and O–H groups in total. The van der Waals surface area contributed by atoms with Gasteiger partial charge in [-0.3, -0.25) is 9.69 Å². The maximum atomic E-state index is 13.3. The Morgan fingerprint density at radius 1 is 0.969 bits per heavy atom. The van der Waals surface area contributed by atoms with Crippen molar-refractivity contribution in [3.05, 3.63) is 101 Å². The lowest BCUT2D eigenvalue weighted by Gasteiger charge is -2.15. The summed E-state index contributed by atoms with van der Waals surface area (Å²) in [6.45, 7) is 0.483. The summed E-state index contributed by atoms with van der Waals surface area (Å²) >= 11 is 1.35. The predicted octanol–water partition coefficient (Wildman–Crippen LogP) is 5.44. The maximum absolute atomic E-state index is 13.3. The number of rotatable bonds is 7. The van der Waals surface area contributed by atoms with Crippen LogP contribution in [0.4, 0.5) is 5.69 Å². The molecule has 5 nitrogen and oxygen atoms in total. The second kappa shape index (κ2) is 10.5. The summed E-state index contributed by atoms with van der Waals surface area (Å²) in [5, 5.41) is 9.49. The third-order valence-electron chi connectivity index (χ3n) is 4.83. The number of amides is 1. The SMILES string of the molecule is N#CCOc1ccccc1/C=C1/SC(=Nc2ccccc2)N(CCc2ccccc2)C1=O. The lowest BCUT2D eigenvalue weighted by atomic mass is 10.1. The maximum Gasteiger partial charge on any atom is 0.266 e. The van der Waals surface area contributed by atoms with Crippen molar-refractivity contribution in [1.29, 1.82) is 5.26 Å². The van der Waals surface area contributed by atoms with Crippen LogP contribution in [-0.2, 0) is 11.2 Å². The van der Waals surface area contributed by atoms with Crippen molar-refractivity contribution in [2.75, 3.05) is 13.2 Å². The smallest absolute Gasteiger partial charge is 0.266 e. The minimum Gasteiger partial charge on any atom is -0.478 e. The number of ether oxygens (including phenoxy) is 1. The molecule has 0 spiro atoms. The zero-order chi connectivity index (χ0) is 22.2. The molecule has 1 aliphatic rings. The summed E-state index contributed by atoms with van der Waals surface area (Å²) in [5.41, 5.74) is 2.71. The molecule has 0 aromatic heterocycles. The van der Waals surface area contributed by atoms with E-state index in [0.717, 1.165) is 23.2 Å². The molecule has 0 saturated carbocycles. The van der Waals surface area contributed by atoms with Gasteiger partial charge in [0.1, 0.15) is 11.8 Å². The molecule has 0 unspecified atom stereocenters. The molecule has 1 amide bonds. The quantitative estimate of drug-likeness (QED) is 0.460. The molecule has 158 valence electrons. The molecule has 32 heavy (non-hydrogen) atoms. The fourth-order valence-electron chi connectivity index (χ4n) is 3.27. The molecule has 0 aliphatic carbocycles. The van der Waals surface area contributed by atoms with Crippen molar-refractivity contribution in [2.24, 2.45) is 4.99 Å². The molecular formula is C26H21N3O2S. The van der Waals surface area contributed by atoms with Gasteiger partial charge in [-0.05, 0) is 48.0 Å². The topological polar surface area (TPSA) is 65.7 Å². The number of aliphatic imine (C=N–C) groups is 1. The van der Waals surface area contributed by atoms with E-state index in [2.05, 4.69) is 12.1 Å². The second-order valence-corrected chi connectivity index (χ2v) is 8.03. The largest absolute Gasteiger partial charge is 0.478 e. The van der Waals surface area contributed by atoms with Crippen LogP contribution in [0.5, 0.6) is 5.75 Å². The number of nitrogens with zero attached hydrogens (tertiary/aromatic N) is 3. The number of amidine groups is 1. The number of carbonyl (C=O) groups excluding carboxylic acids is 1. The molecule has 1 heterocycles. The fraction of sp³-hybridized carbons (Fsp3) is 0.115. The number of hydrogen-bond donors (Lipinski definition) is 0. The Morgan fingerprint density at radius 2 is 1.66 bits per heavy atom. The third kappa shape index (κ3) is 5.26. The molecule has 1 fully saturated rings. The first-order chi connectivity index (χ1) is 15.7. The van der Waals surface area contributed by atoms with Crippen molar-refractivity contribution in [1.82, 2.24) is 4.90 Å². The van der Waals surface area contributed by atoms with Gasteiger partial charge in [-0.1, -0.05) is 66.7 Å². The highest BCUT2D eigenvalue weighted by Crippen LogP contribution is 2.35. The molecule has 3 aromatic rings. The standard InChI is InChI=1S/C26H21N3O2S/c27-16-18-31-23-14-8-7-11-21(23)19-24-25(30)29(17-15-20-9-3-1-4-10-20)26(32-24)28-22-12-5-2-6-13-22/h1-14,19H,15,17-18H2/b24-19+,28-26?. The monoisotopic (exact) mass is 439 g/mol. The number of nitriles is 1. The molecule has 0 atom stereocenters. The first kappa shape index (κ1) is 21.4. The van der Waals surface area contributed by atoms with E-state index >= 15 is 0 Å². The zero-order valence-electron chi connectivity index (χ0n) is 17.3. The van der Waals surface area contributed by atoms with Gasteiger partial charge in [-0.2, -0.15) is 5.26 Å². The van der Waals surface area contributed by atoms with Crippen LogP contribution in [0.2, 0.25) is 0 Å². The van der Waals surface area contributed by atoms with Crippen molar-refractivity contribution in [3.8, 4) is 11.8 Å². The van der Waals surface area contributed by atoms with E-state index in [-0.39, 0.29) is 12.5 Å². The van der Waals surface area contributed by atoms with Crippen LogP contribution >= 0.6 is 11.8 Å². The van der Waals surface area contributed by atoms with Gasteiger partial charge in [0.05, 0.1) is 10.6 Å². The number of para-hydroxylation sites is 2. The summed E-state index contributed by atoms with van der Waals surface area (Å²) in [7, 11) is 0. The average Bonchev–Trinajstić information content (AvgIpc) is 3.12. The third-order valence-corrected chi connectivity index (χ3v) is 5.84. The van der Waals surface area contributed by atoms with Gasteiger partial charge in [0.25, 0.3) is 5.91 Å². The summed E-state index contributed by atoms with van der Waals surface area (Å²) in [6.07, 6.45) is 2.54. The molecular weight excluding hydrogens is 418 g/mol. The normalized spacial score (nSPS) is 15.8. The second-order valence-electron chi connectivity index (χ2n) is 7.02. The first-order valence-electron chi connectivity index (χ1n) is 10.2. The van der Waals surface area contributed by atoms with Crippen LogP contribution in [0.15, 0.2) is 94.8 Å². The Bertz CT molecular complexity index is 1180. The number of hydrogen-bond acceptors (Lipinski definition) is 5. The highest BCUT2D eigenvalue weighted by molar-refractivity contribution is 8.18. The van der Waals surface area contributed by atoms with E-state index in [1.807, 2.05) is 78.9 Å².